The van der Waals surface area contributed by atoms with E-state index in [1.807, 2.05) is 25.1 Å². The Morgan fingerprint density at radius 1 is 1.04 bits per heavy atom. The van der Waals surface area contributed by atoms with Crippen molar-refractivity contribution in [1.82, 2.24) is 4.90 Å². The van der Waals surface area contributed by atoms with E-state index in [0.29, 0.717) is 6.61 Å². The summed E-state index contributed by atoms with van der Waals surface area (Å²) in [5.74, 6) is -0.322. The van der Waals surface area contributed by atoms with Crippen molar-refractivity contribution in [3.63, 3.8) is 0 Å². The molecule has 2 aromatic carbocycles. The van der Waals surface area contributed by atoms with Gasteiger partial charge in [0.25, 0.3) is 0 Å². The second-order valence-corrected chi connectivity index (χ2v) is 5.69. The average molecular weight is 313 g/mol. The summed E-state index contributed by atoms with van der Waals surface area (Å²) in [7, 11) is 0. The normalized spacial score (nSPS) is 12.5. The maximum atomic E-state index is 12.5. The topological polar surface area (TPSA) is 29.5 Å². The third-order valence-corrected chi connectivity index (χ3v) is 4.40. The molecule has 124 valence electrons. The van der Waals surface area contributed by atoms with E-state index < -0.39 is 0 Å². The van der Waals surface area contributed by atoms with E-state index in [9.17, 15) is 4.79 Å². The molecule has 0 saturated heterocycles. The monoisotopic (exact) mass is 313 g/mol. The fourth-order valence-corrected chi connectivity index (χ4v) is 3.05. The smallest absolute Gasteiger partial charge is 0.313 e. The molecule has 0 radical (unpaired) electrons. The van der Waals surface area contributed by atoms with Crippen molar-refractivity contribution in [3.05, 3.63) is 48.0 Å². The van der Waals surface area contributed by atoms with E-state index in [1.54, 1.807) is 0 Å². The molecule has 2 rings (SSSR count). The van der Waals surface area contributed by atoms with E-state index in [4.69, 9.17) is 4.74 Å². The highest BCUT2D eigenvalue weighted by Gasteiger charge is 2.24. The zero-order chi connectivity index (χ0) is 16.7. The maximum absolute atomic E-state index is 12.5. The summed E-state index contributed by atoms with van der Waals surface area (Å²) in [5.41, 5.74) is 1.08. The van der Waals surface area contributed by atoms with Crippen LogP contribution in [0.2, 0.25) is 0 Å². The number of esters is 1. The van der Waals surface area contributed by atoms with Crippen molar-refractivity contribution in [1.29, 1.82) is 0 Å². The third-order valence-electron chi connectivity index (χ3n) is 4.40. The van der Waals surface area contributed by atoms with Gasteiger partial charge in [0.1, 0.15) is 0 Å². The first-order valence-electron chi connectivity index (χ1n) is 8.57. The minimum absolute atomic E-state index is 0.115. The Balaban J connectivity index is 2.33. The van der Waals surface area contributed by atoms with E-state index in [-0.39, 0.29) is 11.9 Å². The number of carbonyl (C=O) groups excluding carboxylic acids is 1. The number of rotatable bonds is 8. The first kappa shape index (κ1) is 17.5. The molecule has 0 aliphatic heterocycles. The number of hydrogen-bond donors (Lipinski definition) is 0. The molecular weight excluding hydrogens is 286 g/mol. The zero-order valence-electron chi connectivity index (χ0n) is 14.4. The Morgan fingerprint density at radius 2 is 1.74 bits per heavy atom. The van der Waals surface area contributed by atoms with Crippen molar-refractivity contribution in [2.24, 2.45) is 0 Å². The predicted molar refractivity (Wildman–Crippen MR) is 95.7 cm³/mol. The van der Waals surface area contributed by atoms with Gasteiger partial charge in [0.15, 0.2) is 0 Å². The van der Waals surface area contributed by atoms with Crippen molar-refractivity contribution in [2.75, 3.05) is 26.2 Å². The second-order valence-electron chi connectivity index (χ2n) is 5.69. The lowest BCUT2D eigenvalue weighted by molar-refractivity contribution is -0.145. The SMILES string of the molecule is CCOC(=O)C(CCN(CC)CC)c1cccc2ccccc12. The van der Waals surface area contributed by atoms with Crippen molar-refractivity contribution in [3.8, 4) is 0 Å². The van der Waals surface area contributed by atoms with E-state index in [2.05, 4.69) is 43.0 Å². The van der Waals surface area contributed by atoms with Gasteiger partial charge in [0, 0.05) is 0 Å². The molecule has 0 N–H and O–H groups in total. The van der Waals surface area contributed by atoms with Crippen molar-refractivity contribution < 1.29 is 9.53 Å². The van der Waals surface area contributed by atoms with Gasteiger partial charge in [-0.2, -0.15) is 0 Å². The highest BCUT2D eigenvalue weighted by molar-refractivity contribution is 5.91. The molecule has 0 aromatic heterocycles. The summed E-state index contributed by atoms with van der Waals surface area (Å²) < 4.78 is 5.35. The predicted octanol–water partition coefficient (Wildman–Crippen LogP) is 4.22. The molecule has 1 atom stereocenters. The van der Waals surface area contributed by atoms with Crippen LogP contribution in [0.5, 0.6) is 0 Å². The molecule has 0 saturated carbocycles. The Labute approximate surface area is 139 Å². The lowest BCUT2D eigenvalue weighted by Gasteiger charge is -2.23. The largest absolute Gasteiger partial charge is 0.466 e. The van der Waals surface area contributed by atoms with Gasteiger partial charge < -0.3 is 9.64 Å². The summed E-state index contributed by atoms with van der Waals surface area (Å²) in [6.07, 6.45) is 0.786. The molecule has 2 aromatic rings. The molecular formula is C20H27NO2. The van der Waals surface area contributed by atoms with Crippen LogP contribution in [0.3, 0.4) is 0 Å². The van der Waals surface area contributed by atoms with Gasteiger partial charge in [-0.15, -0.1) is 0 Å². The molecule has 1 unspecified atom stereocenters. The molecule has 23 heavy (non-hydrogen) atoms. The Hall–Kier alpha value is -1.87. The zero-order valence-corrected chi connectivity index (χ0v) is 14.4. The summed E-state index contributed by atoms with van der Waals surface area (Å²) in [6.45, 7) is 9.50. The number of nitrogens with zero attached hydrogens (tertiary/aromatic N) is 1. The highest BCUT2D eigenvalue weighted by atomic mass is 16.5. The van der Waals surface area contributed by atoms with Crippen molar-refractivity contribution >= 4 is 16.7 Å². The molecule has 0 aliphatic carbocycles. The first-order valence-corrected chi connectivity index (χ1v) is 8.57. The van der Waals surface area contributed by atoms with Gasteiger partial charge in [0.2, 0.25) is 0 Å². The van der Waals surface area contributed by atoms with Crippen LogP contribution in [0.4, 0.5) is 0 Å². The van der Waals surface area contributed by atoms with Crippen LogP contribution < -0.4 is 0 Å². The number of ether oxygens (including phenoxy) is 1. The molecule has 0 aliphatic rings. The number of carbonyl (C=O) groups is 1. The third kappa shape index (κ3) is 4.32. The lowest BCUT2D eigenvalue weighted by atomic mass is 9.91. The molecule has 0 heterocycles. The summed E-state index contributed by atoms with van der Waals surface area (Å²) in [4.78, 5) is 14.9. The molecule has 0 amide bonds. The van der Waals surface area contributed by atoms with Crippen LogP contribution in [-0.4, -0.2) is 37.1 Å². The van der Waals surface area contributed by atoms with E-state index in [0.717, 1.165) is 37.0 Å². The molecule has 3 nitrogen and oxygen atoms in total. The standard InChI is InChI=1S/C20H27NO2/c1-4-21(5-2)15-14-19(20(22)23-6-3)18-13-9-11-16-10-7-8-12-17(16)18/h7-13,19H,4-6,14-15H2,1-3H3. The van der Waals surface area contributed by atoms with Crippen LogP contribution in [-0.2, 0) is 9.53 Å². The van der Waals surface area contributed by atoms with Crippen molar-refractivity contribution in [2.45, 2.75) is 33.1 Å². The van der Waals surface area contributed by atoms with E-state index in [1.165, 1.54) is 5.39 Å². The van der Waals surface area contributed by atoms with Gasteiger partial charge in [-0.25, -0.2) is 0 Å². The minimum Gasteiger partial charge on any atom is -0.466 e. The lowest BCUT2D eigenvalue weighted by Crippen LogP contribution is -2.27. The number of fused-ring (bicyclic) bond motifs is 1. The van der Waals surface area contributed by atoms with Gasteiger partial charge in [0.05, 0.1) is 12.5 Å². The average Bonchev–Trinajstić information content (AvgIpc) is 2.59. The number of benzene rings is 2. The first-order chi connectivity index (χ1) is 11.2. The maximum Gasteiger partial charge on any atom is 0.313 e. The molecule has 0 bridgehead atoms. The summed E-state index contributed by atoms with van der Waals surface area (Å²) in [5, 5.41) is 2.31. The molecule has 0 fully saturated rings. The highest BCUT2D eigenvalue weighted by Crippen LogP contribution is 2.29. The van der Waals surface area contributed by atoms with Crippen LogP contribution in [0.1, 0.15) is 38.7 Å². The van der Waals surface area contributed by atoms with Gasteiger partial charge in [-0.05, 0) is 49.3 Å². The molecule has 3 heteroatoms. The Bertz CT molecular complexity index is 629. The van der Waals surface area contributed by atoms with Gasteiger partial charge in [-0.3, -0.25) is 4.79 Å². The summed E-state index contributed by atoms with van der Waals surface area (Å²) >= 11 is 0. The van der Waals surface area contributed by atoms with E-state index >= 15 is 0 Å². The minimum atomic E-state index is -0.207. The van der Waals surface area contributed by atoms with Crippen LogP contribution in [0, 0.1) is 0 Å². The Morgan fingerprint density at radius 3 is 2.43 bits per heavy atom. The van der Waals surface area contributed by atoms with Crippen LogP contribution in [0.25, 0.3) is 10.8 Å². The fraction of sp³-hybridized carbons (Fsp3) is 0.450. The van der Waals surface area contributed by atoms with Gasteiger partial charge >= 0.3 is 5.97 Å². The summed E-state index contributed by atoms with van der Waals surface area (Å²) in [6, 6.07) is 14.4. The number of hydrogen-bond acceptors (Lipinski definition) is 3. The Kier molecular flexibility index (Phi) is 6.60. The fourth-order valence-electron chi connectivity index (χ4n) is 3.05. The van der Waals surface area contributed by atoms with Crippen LogP contribution >= 0.6 is 0 Å². The molecule has 0 spiro atoms. The van der Waals surface area contributed by atoms with Crippen LogP contribution in [0.15, 0.2) is 42.5 Å². The second kappa shape index (κ2) is 8.68. The van der Waals surface area contributed by atoms with Gasteiger partial charge in [-0.1, -0.05) is 56.3 Å². The quantitative estimate of drug-likeness (QED) is 0.683.